The molecule has 0 amide bonds. The lowest BCUT2D eigenvalue weighted by Crippen LogP contribution is -2.20. The van der Waals surface area contributed by atoms with Crippen LogP contribution in [0.25, 0.3) is 28.2 Å². The van der Waals surface area contributed by atoms with Gasteiger partial charge in [0.2, 0.25) is 0 Å². The van der Waals surface area contributed by atoms with Crippen molar-refractivity contribution in [3.8, 4) is 22.5 Å². The number of rotatable bonds is 7. The lowest BCUT2D eigenvalue weighted by molar-refractivity contribution is 0.810. The number of aryl methyl sites for hydroxylation is 1. The molecule has 0 bridgehead atoms. The Bertz CT molecular complexity index is 1320. The molecular formula is C24H24N8. The van der Waals surface area contributed by atoms with E-state index in [1.165, 1.54) is 5.56 Å². The molecular weight excluding hydrogens is 400 g/mol. The van der Waals surface area contributed by atoms with Gasteiger partial charge in [-0.25, -0.2) is 10.1 Å². The van der Waals surface area contributed by atoms with Gasteiger partial charge in [0.15, 0.2) is 11.5 Å². The maximum atomic E-state index is 4.71. The molecule has 2 aromatic carbocycles. The van der Waals surface area contributed by atoms with Crippen LogP contribution in [0.4, 0.5) is 5.82 Å². The summed E-state index contributed by atoms with van der Waals surface area (Å²) in [6.07, 6.45) is 3.82. The Morgan fingerprint density at radius 2 is 1.81 bits per heavy atom. The molecule has 0 aliphatic heterocycles. The summed E-state index contributed by atoms with van der Waals surface area (Å²) in [4.78, 5) is 6.92. The minimum Gasteiger partial charge on any atom is -0.355 e. The Hall–Kier alpha value is -4.07. The summed E-state index contributed by atoms with van der Waals surface area (Å²) in [5.74, 6) is 1.70. The Kier molecular flexibility index (Phi) is 5.33. The second-order valence-electron chi connectivity index (χ2n) is 7.81. The van der Waals surface area contributed by atoms with Gasteiger partial charge in [0.1, 0.15) is 5.82 Å². The van der Waals surface area contributed by atoms with E-state index in [0.717, 1.165) is 53.2 Å². The number of H-pyrrole nitrogens is 1. The van der Waals surface area contributed by atoms with Gasteiger partial charge in [0.05, 0.1) is 6.20 Å². The van der Waals surface area contributed by atoms with E-state index < -0.39 is 0 Å². The summed E-state index contributed by atoms with van der Waals surface area (Å²) in [6.45, 7) is 2.93. The van der Waals surface area contributed by atoms with Gasteiger partial charge >= 0.3 is 0 Å². The van der Waals surface area contributed by atoms with Crippen LogP contribution in [-0.4, -0.2) is 42.3 Å². The monoisotopic (exact) mass is 424 g/mol. The second-order valence-corrected chi connectivity index (χ2v) is 7.81. The van der Waals surface area contributed by atoms with Gasteiger partial charge in [-0.15, -0.1) is 5.10 Å². The summed E-state index contributed by atoms with van der Waals surface area (Å²) in [7, 11) is 2.09. The molecule has 8 nitrogen and oxygen atoms in total. The zero-order valence-corrected chi connectivity index (χ0v) is 18.1. The molecule has 3 aromatic heterocycles. The first-order valence-corrected chi connectivity index (χ1v) is 10.7. The van der Waals surface area contributed by atoms with Crippen LogP contribution in [0.1, 0.15) is 24.6 Å². The fourth-order valence-corrected chi connectivity index (χ4v) is 3.96. The van der Waals surface area contributed by atoms with Crippen molar-refractivity contribution in [1.29, 1.82) is 0 Å². The van der Waals surface area contributed by atoms with Crippen molar-refractivity contribution in [1.82, 2.24) is 35.2 Å². The van der Waals surface area contributed by atoms with Gasteiger partial charge in [-0.05, 0) is 33.5 Å². The van der Waals surface area contributed by atoms with Crippen LogP contribution in [0.5, 0.6) is 0 Å². The highest BCUT2D eigenvalue weighted by atomic mass is 15.5. The van der Waals surface area contributed by atoms with Crippen molar-refractivity contribution in [2.45, 2.75) is 26.3 Å². The first-order valence-electron chi connectivity index (χ1n) is 10.7. The van der Waals surface area contributed by atoms with Gasteiger partial charge < -0.3 is 4.90 Å². The Morgan fingerprint density at radius 1 is 1.00 bits per heavy atom. The molecule has 0 fully saturated rings. The van der Waals surface area contributed by atoms with Crippen LogP contribution in [0.15, 0.2) is 66.9 Å². The van der Waals surface area contributed by atoms with Crippen LogP contribution in [0.2, 0.25) is 0 Å². The van der Waals surface area contributed by atoms with Crippen LogP contribution in [0.3, 0.4) is 0 Å². The molecule has 8 heteroatoms. The van der Waals surface area contributed by atoms with Crippen molar-refractivity contribution >= 4 is 11.5 Å². The highest BCUT2D eigenvalue weighted by molar-refractivity contribution is 5.80. The summed E-state index contributed by atoms with van der Waals surface area (Å²) in [5, 5.41) is 18.8. The third kappa shape index (κ3) is 3.82. The Balaban J connectivity index is 1.41. The van der Waals surface area contributed by atoms with E-state index >= 15 is 0 Å². The summed E-state index contributed by atoms with van der Waals surface area (Å²) < 4.78 is 1.90. The molecule has 32 heavy (non-hydrogen) atoms. The minimum absolute atomic E-state index is 0.660. The van der Waals surface area contributed by atoms with Crippen LogP contribution >= 0.6 is 0 Å². The van der Waals surface area contributed by atoms with E-state index in [0.29, 0.717) is 5.82 Å². The zero-order chi connectivity index (χ0) is 21.9. The topological polar surface area (TPSA) is 87.9 Å². The summed E-state index contributed by atoms with van der Waals surface area (Å²) >= 11 is 0. The van der Waals surface area contributed by atoms with E-state index in [-0.39, 0.29) is 0 Å². The van der Waals surface area contributed by atoms with Crippen LogP contribution in [-0.2, 0) is 13.0 Å². The minimum atomic E-state index is 0.660. The molecule has 0 atom stereocenters. The number of hydrogen-bond donors (Lipinski definition) is 1. The fraction of sp³-hybridized carbons (Fsp3) is 0.208. The number of nitrogens with one attached hydrogen (secondary N) is 1. The highest BCUT2D eigenvalue weighted by Crippen LogP contribution is 2.30. The summed E-state index contributed by atoms with van der Waals surface area (Å²) in [6, 6.07) is 20.8. The highest BCUT2D eigenvalue weighted by Gasteiger charge is 2.13. The second kappa shape index (κ2) is 8.58. The van der Waals surface area contributed by atoms with E-state index in [9.17, 15) is 0 Å². The number of aromatic nitrogens is 7. The van der Waals surface area contributed by atoms with Crippen molar-refractivity contribution < 1.29 is 0 Å². The number of tetrazole rings is 1. The molecule has 3 heterocycles. The fourth-order valence-electron chi connectivity index (χ4n) is 3.96. The number of benzene rings is 2. The van der Waals surface area contributed by atoms with Crippen molar-refractivity contribution in [3.05, 3.63) is 78.1 Å². The lowest BCUT2D eigenvalue weighted by Gasteiger charge is -2.21. The van der Waals surface area contributed by atoms with Crippen LogP contribution < -0.4 is 4.90 Å². The first kappa shape index (κ1) is 19.9. The van der Waals surface area contributed by atoms with E-state index in [1.807, 2.05) is 28.8 Å². The molecule has 0 aliphatic carbocycles. The van der Waals surface area contributed by atoms with E-state index in [1.54, 1.807) is 6.20 Å². The van der Waals surface area contributed by atoms with Crippen LogP contribution in [0, 0.1) is 0 Å². The lowest BCUT2D eigenvalue weighted by atomic mass is 9.98. The molecule has 0 unspecified atom stereocenters. The molecule has 0 radical (unpaired) electrons. The molecule has 0 spiro atoms. The zero-order valence-electron chi connectivity index (χ0n) is 18.1. The third-order valence-corrected chi connectivity index (χ3v) is 5.50. The first-order chi connectivity index (χ1) is 15.7. The number of hydrogen-bond acceptors (Lipinski definition) is 6. The van der Waals surface area contributed by atoms with Gasteiger partial charge in [-0.3, -0.25) is 0 Å². The third-order valence-electron chi connectivity index (χ3n) is 5.50. The van der Waals surface area contributed by atoms with Crippen molar-refractivity contribution in [2.75, 3.05) is 11.9 Å². The maximum absolute atomic E-state index is 4.71. The van der Waals surface area contributed by atoms with Gasteiger partial charge in [0, 0.05) is 37.0 Å². The number of fused-ring (bicyclic) bond motifs is 1. The normalized spacial score (nSPS) is 11.2. The van der Waals surface area contributed by atoms with Crippen molar-refractivity contribution in [2.24, 2.45) is 0 Å². The SMILES string of the molecule is CCCc1cc(N(C)Cc2ccc(-c3ccccc3-c3nnn[nH]3)cc2)n2nccc2n1. The standard InChI is InChI=1S/C24H24N8/c1-3-6-19-15-23(32-22(26-19)13-14-25-32)31(2)16-17-9-11-18(12-10-17)20-7-4-5-8-21(20)24-27-29-30-28-24/h4-5,7-15H,3,6,16H2,1-2H3,(H,27,28,29,30). The number of anilines is 1. The molecule has 160 valence electrons. The average Bonchev–Trinajstić information content (AvgIpc) is 3.52. The maximum Gasteiger partial charge on any atom is 0.180 e. The number of aromatic amines is 1. The Morgan fingerprint density at radius 3 is 2.56 bits per heavy atom. The smallest absolute Gasteiger partial charge is 0.180 e. The summed E-state index contributed by atoms with van der Waals surface area (Å²) in [5.41, 5.74) is 6.37. The molecule has 0 saturated carbocycles. The predicted octanol–water partition coefficient (Wildman–Crippen LogP) is 4.17. The predicted molar refractivity (Wildman–Crippen MR) is 124 cm³/mol. The van der Waals surface area contributed by atoms with Gasteiger partial charge in [-0.1, -0.05) is 61.9 Å². The molecule has 5 rings (SSSR count). The molecule has 0 aliphatic rings. The largest absolute Gasteiger partial charge is 0.355 e. The molecule has 0 saturated heterocycles. The Labute approximate surface area is 185 Å². The average molecular weight is 425 g/mol. The van der Waals surface area contributed by atoms with Crippen molar-refractivity contribution in [3.63, 3.8) is 0 Å². The number of nitrogens with zero attached hydrogens (tertiary/aromatic N) is 7. The van der Waals surface area contributed by atoms with Gasteiger partial charge in [0.25, 0.3) is 0 Å². The molecule has 5 aromatic rings. The quantitative estimate of drug-likeness (QED) is 0.422. The van der Waals surface area contributed by atoms with Gasteiger partial charge in [-0.2, -0.15) is 9.61 Å². The molecule has 1 N–H and O–H groups in total. The van der Waals surface area contributed by atoms with E-state index in [2.05, 4.69) is 81.0 Å². The van der Waals surface area contributed by atoms with E-state index in [4.69, 9.17) is 4.98 Å².